The molecule has 0 saturated carbocycles. The number of hydrogen-bond acceptors (Lipinski definition) is 4. The number of anilines is 1. The van der Waals surface area contributed by atoms with Gasteiger partial charge in [-0.05, 0) is 38.1 Å². The third kappa shape index (κ3) is 3.70. The van der Waals surface area contributed by atoms with Gasteiger partial charge in [0.1, 0.15) is 5.69 Å². The molecule has 0 aliphatic rings. The van der Waals surface area contributed by atoms with Crippen molar-refractivity contribution in [1.82, 2.24) is 14.8 Å². The average molecular weight is 403 g/mol. The fraction of sp³-hybridized carbons (Fsp3) is 0.105. The highest BCUT2D eigenvalue weighted by molar-refractivity contribution is 7.16. The number of hydrogen-bond donors (Lipinski definition) is 1. The zero-order valence-electron chi connectivity index (χ0n) is 14.7. The lowest BCUT2D eigenvalue weighted by Crippen LogP contribution is -2.13. The number of benzene rings is 1. The molecule has 0 atom stereocenters. The van der Waals surface area contributed by atoms with Crippen LogP contribution in [-0.4, -0.2) is 20.7 Å². The summed E-state index contributed by atoms with van der Waals surface area (Å²) in [4.78, 5) is 17.9. The van der Waals surface area contributed by atoms with E-state index in [1.807, 2.05) is 19.1 Å². The molecule has 3 aromatic rings. The number of thiazole rings is 1. The van der Waals surface area contributed by atoms with Gasteiger partial charge >= 0.3 is 0 Å². The first kappa shape index (κ1) is 19.0. The monoisotopic (exact) mass is 402 g/mol. The molecule has 5 nitrogen and oxygen atoms in total. The largest absolute Gasteiger partial charge is 0.298 e. The predicted molar refractivity (Wildman–Crippen MR) is 108 cm³/mol. The van der Waals surface area contributed by atoms with Crippen molar-refractivity contribution in [2.75, 3.05) is 5.32 Å². The van der Waals surface area contributed by atoms with E-state index in [4.69, 9.17) is 11.6 Å². The number of amides is 1. The standard InChI is InChI=1S/C19H16ClFN4OS/c1-4-7-16-14(5-2)23-19(27-16)24-18(26)12-10-22-25(11(12)3)15-9-6-8-13(20)17(15)21/h4-10H,2H2,1,3H3,(H,23,24,26)/b7-4-. The van der Waals surface area contributed by atoms with Crippen molar-refractivity contribution in [3.05, 3.63) is 69.7 Å². The SMILES string of the molecule is C=Cc1nc(NC(=O)c2cnn(-c3cccc(Cl)c3F)c2C)sc1/C=C\C. The van der Waals surface area contributed by atoms with Crippen molar-refractivity contribution < 1.29 is 9.18 Å². The molecule has 0 unspecified atom stereocenters. The second-order valence-electron chi connectivity index (χ2n) is 5.56. The second-order valence-corrected chi connectivity index (χ2v) is 6.99. The molecule has 27 heavy (non-hydrogen) atoms. The molecule has 0 saturated heterocycles. The number of carbonyl (C=O) groups excluding carboxylic acids is 1. The summed E-state index contributed by atoms with van der Waals surface area (Å²) in [7, 11) is 0. The minimum absolute atomic E-state index is 0.00958. The van der Waals surface area contributed by atoms with Gasteiger partial charge in [-0.25, -0.2) is 14.1 Å². The lowest BCUT2D eigenvalue weighted by atomic mass is 10.2. The van der Waals surface area contributed by atoms with Gasteiger partial charge in [-0.15, -0.1) is 0 Å². The molecule has 0 aliphatic heterocycles. The molecule has 0 spiro atoms. The van der Waals surface area contributed by atoms with E-state index in [0.717, 1.165) is 4.88 Å². The van der Waals surface area contributed by atoms with Gasteiger partial charge < -0.3 is 0 Å². The van der Waals surface area contributed by atoms with Crippen LogP contribution in [0.2, 0.25) is 5.02 Å². The quantitative estimate of drug-likeness (QED) is 0.625. The van der Waals surface area contributed by atoms with Crippen LogP contribution in [0.5, 0.6) is 0 Å². The molecule has 0 aliphatic carbocycles. The molecular weight excluding hydrogens is 387 g/mol. The Hall–Kier alpha value is -2.77. The lowest BCUT2D eigenvalue weighted by Gasteiger charge is -2.07. The topological polar surface area (TPSA) is 59.8 Å². The summed E-state index contributed by atoms with van der Waals surface area (Å²) >= 11 is 7.17. The fourth-order valence-electron chi connectivity index (χ4n) is 2.51. The van der Waals surface area contributed by atoms with Crippen molar-refractivity contribution in [3.8, 4) is 5.69 Å². The number of rotatable bonds is 5. The van der Waals surface area contributed by atoms with E-state index in [9.17, 15) is 9.18 Å². The minimum atomic E-state index is -0.594. The zero-order chi connectivity index (χ0) is 19.6. The number of nitrogens with zero attached hydrogens (tertiary/aromatic N) is 3. The average Bonchev–Trinajstić information content (AvgIpc) is 3.21. The van der Waals surface area contributed by atoms with Crippen molar-refractivity contribution in [2.45, 2.75) is 13.8 Å². The van der Waals surface area contributed by atoms with Crippen LogP contribution >= 0.6 is 22.9 Å². The van der Waals surface area contributed by atoms with E-state index in [2.05, 4.69) is 22.0 Å². The number of carbonyl (C=O) groups is 1. The van der Waals surface area contributed by atoms with Crippen LogP contribution in [0.15, 0.2) is 37.1 Å². The molecule has 2 aromatic heterocycles. The third-order valence-electron chi connectivity index (χ3n) is 3.83. The third-order valence-corrected chi connectivity index (χ3v) is 5.07. The van der Waals surface area contributed by atoms with E-state index >= 15 is 0 Å². The first-order chi connectivity index (χ1) is 13.0. The van der Waals surface area contributed by atoms with Crippen LogP contribution in [0, 0.1) is 12.7 Å². The molecule has 0 radical (unpaired) electrons. The maximum absolute atomic E-state index is 14.3. The molecule has 8 heteroatoms. The number of allylic oxidation sites excluding steroid dienone is 1. The van der Waals surface area contributed by atoms with Crippen molar-refractivity contribution in [3.63, 3.8) is 0 Å². The van der Waals surface area contributed by atoms with Crippen molar-refractivity contribution >= 4 is 46.1 Å². The summed E-state index contributed by atoms with van der Waals surface area (Å²) in [5, 5.41) is 7.33. The van der Waals surface area contributed by atoms with E-state index in [-0.39, 0.29) is 16.6 Å². The first-order valence-corrected chi connectivity index (χ1v) is 9.22. The van der Waals surface area contributed by atoms with E-state index < -0.39 is 5.82 Å². The molecule has 1 amide bonds. The van der Waals surface area contributed by atoms with Gasteiger partial charge in [0, 0.05) is 0 Å². The van der Waals surface area contributed by atoms with Crippen LogP contribution in [0.25, 0.3) is 17.8 Å². The van der Waals surface area contributed by atoms with Crippen LogP contribution in [-0.2, 0) is 0 Å². The highest BCUT2D eigenvalue weighted by atomic mass is 35.5. The van der Waals surface area contributed by atoms with E-state index in [1.54, 1.807) is 25.1 Å². The van der Waals surface area contributed by atoms with Crippen LogP contribution in [0.4, 0.5) is 9.52 Å². The molecule has 3 rings (SSSR count). The number of nitrogens with one attached hydrogen (secondary N) is 1. The molecule has 1 N–H and O–H groups in total. The molecule has 0 fully saturated rings. The van der Waals surface area contributed by atoms with E-state index in [0.29, 0.717) is 22.1 Å². The summed E-state index contributed by atoms with van der Waals surface area (Å²) in [6, 6.07) is 4.62. The summed E-state index contributed by atoms with van der Waals surface area (Å²) < 4.78 is 15.6. The summed E-state index contributed by atoms with van der Waals surface area (Å²) in [6.45, 7) is 7.31. The smallest absolute Gasteiger partial charge is 0.260 e. The second kappa shape index (κ2) is 7.85. The van der Waals surface area contributed by atoms with Crippen LogP contribution < -0.4 is 5.32 Å². The first-order valence-electron chi connectivity index (χ1n) is 8.02. The molecular formula is C19H16ClFN4OS. The van der Waals surface area contributed by atoms with Gasteiger partial charge in [-0.2, -0.15) is 5.10 Å². The highest BCUT2D eigenvalue weighted by Gasteiger charge is 2.19. The maximum atomic E-state index is 14.3. The Labute approximate surface area is 164 Å². The fourth-order valence-corrected chi connectivity index (χ4v) is 3.61. The van der Waals surface area contributed by atoms with E-state index in [1.165, 1.54) is 28.3 Å². The molecule has 0 bridgehead atoms. The number of aromatic nitrogens is 3. The van der Waals surface area contributed by atoms with Gasteiger partial charge in [0.05, 0.1) is 33.0 Å². The highest BCUT2D eigenvalue weighted by Crippen LogP contribution is 2.27. The normalized spacial score (nSPS) is 11.1. The Morgan fingerprint density at radius 2 is 2.22 bits per heavy atom. The maximum Gasteiger partial charge on any atom is 0.260 e. The van der Waals surface area contributed by atoms with Gasteiger partial charge in [-0.3, -0.25) is 10.1 Å². The van der Waals surface area contributed by atoms with Gasteiger partial charge in [0.25, 0.3) is 5.91 Å². The predicted octanol–water partition coefficient (Wildman–Crippen LogP) is 5.36. The summed E-state index contributed by atoms with van der Waals surface area (Å²) in [5.41, 5.74) is 1.68. The van der Waals surface area contributed by atoms with Gasteiger partial charge in [0.2, 0.25) is 0 Å². The molecule has 138 valence electrons. The Bertz CT molecular complexity index is 1050. The summed E-state index contributed by atoms with van der Waals surface area (Å²) in [5.74, 6) is -0.971. The van der Waals surface area contributed by atoms with Gasteiger partial charge in [0.15, 0.2) is 10.9 Å². The summed E-state index contributed by atoms with van der Waals surface area (Å²) in [6.07, 6.45) is 6.81. The Balaban J connectivity index is 1.90. The minimum Gasteiger partial charge on any atom is -0.298 e. The van der Waals surface area contributed by atoms with Crippen molar-refractivity contribution in [1.29, 1.82) is 0 Å². The Kier molecular flexibility index (Phi) is 5.53. The Morgan fingerprint density at radius 3 is 2.93 bits per heavy atom. The lowest BCUT2D eigenvalue weighted by molar-refractivity contribution is 0.102. The molecule has 1 aromatic carbocycles. The molecule has 2 heterocycles. The van der Waals surface area contributed by atoms with Crippen LogP contribution in [0.3, 0.4) is 0 Å². The van der Waals surface area contributed by atoms with Crippen LogP contribution in [0.1, 0.15) is 33.5 Å². The number of halogens is 2. The Morgan fingerprint density at radius 1 is 1.44 bits per heavy atom. The van der Waals surface area contributed by atoms with Gasteiger partial charge in [-0.1, -0.05) is 41.7 Å². The zero-order valence-corrected chi connectivity index (χ0v) is 16.2. The van der Waals surface area contributed by atoms with Crippen molar-refractivity contribution in [2.24, 2.45) is 0 Å².